The highest BCUT2D eigenvalue weighted by molar-refractivity contribution is 8.77. The Morgan fingerprint density at radius 3 is 2.11 bits per heavy atom. The third-order valence-corrected chi connectivity index (χ3v) is 9.41. The van der Waals surface area contributed by atoms with E-state index in [4.69, 9.17) is 5.11 Å². The Morgan fingerprint density at radius 2 is 1.53 bits per heavy atom. The van der Waals surface area contributed by atoms with Crippen molar-refractivity contribution in [1.82, 2.24) is 26.6 Å². The second-order valence-corrected chi connectivity index (χ2v) is 13.1. The van der Waals surface area contributed by atoms with E-state index in [0.717, 1.165) is 12.3 Å². The average Bonchev–Trinajstić information content (AvgIpc) is 2.84. The van der Waals surface area contributed by atoms with Gasteiger partial charge in [0.2, 0.25) is 24.1 Å². The van der Waals surface area contributed by atoms with Crippen LogP contribution in [0, 0.1) is 0 Å². The van der Waals surface area contributed by atoms with Crippen molar-refractivity contribution in [2.75, 3.05) is 43.1 Å². The molecular formula is C21H37N5O8S4. The van der Waals surface area contributed by atoms with E-state index in [1.165, 1.54) is 57.0 Å². The van der Waals surface area contributed by atoms with Crippen LogP contribution in [0.4, 0.5) is 0 Å². The van der Waals surface area contributed by atoms with E-state index in [-0.39, 0.29) is 18.7 Å². The highest BCUT2D eigenvalue weighted by Crippen LogP contribution is 2.22. The zero-order chi connectivity index (χ0) is 28.9. The molecule has 0 fully saturated rings. The van der Waals surface area contributed by atoms with Crippen LogP contribution in [0.25, 0.3) is 0 Å². The van der Waals surface area contributed by atoms with Gasteiger partial charge in [-0.2, -0.15) is 0 Å². The van der Waals surface area contributed by atoms with E-state index in [0.29, 0.717) is 23.7 Å². The molecule has 7 N–H and O–H groups in total. The van der Waals surface area contributed by atoms with Crippen molar-refractivity contribution in [2.45, 2.75) is 50.9 Å². The van der Waals surface area contributed by atoms with Crippen molar-refractivity contribution in [3.05, 3.63) is 0 Å². The van der Waals surface area contributed by atoms with Gasteiger partial charge in [-0.05, 0) is 20.9 Å². The summed E-state index contributed by atoms with van der Waals surface area (Å²) in [6.45, 7) is 3.79. The summed E-state index contributed by atoms with van der Waals surface area (Å²) >= 11 is 0. The molecule has 0 aromatic rings. The van der Waals surface area contributed by atoms with Gasteiger partial charge in [0, 0.05) is 42.5 Å². The maximum atomic E-state index is 12.6. The largest absolute Gasteiger partial charge is 0.481 e. The van der Waals surface area contributed by atoms with Crippen molar-refractivity contribution < 1.29 is 39.0 Å². The van der Waals surface area contributed by atoms with Gasteiger partial charge in [0.15, 0.2) is 5.78 Å². The molecule has 4 amide bonds. The standard InChI is InChI=1S/C21H37N5O8S4/c1-13(28)16(11-38-37-8-5-22-3)26-20(33)15(10-18(31)32)25-17(30)4-7-35-36-9-6-23-21(34)19(14(2)29)24-12-27/h12,14-16,19,22,29H,4-11H2,1-3H3,(H,23,34)(H,24,27)(H,25,30)(H,26,33)(H,31,32)/t14?,15?,16-,19?/m0/s1. The van der Waals surface area contributed by atoms with Crippen molar-refractivity contribution in [3.63, 3.8) is 0 Å². The number of rotatable bonds is 23. The molecular weight excluding hydrogens is 579 g/mol. The summed E-state index contributed by atoms with van der Waals surface area (Å²) in [7, 11) is 7.51. The van der Waals surface area contributed by atoms with Gasteiger partial charge in [-0.15, -0.1) is 0 Å². The van der Waals surface area contributed by atoms with E-state index in [9.17, 15) is 33.9 Å². The summed E-state index contributed by atoms with van der Waals surface area (Å²) in [5, 5.41) is 31.5. The summed E-state index contributed by atoms with van der Waals surface area (Å²) < 4.78 is 0. The molecule has 0 bridgehead atoms. The number of aliphatic carboxylic acids is 1. The lowest BCUT2D eigenvalue weighted by Gasteiger charge is -2.21. The number of ketones is 1. The fourth-order valence-corrected chi connectivity index (χ4v) is 6.74. The Bertz CT molecular complexity index is 778. The highest BCUT2D eigenvalue weighted by Gasteiger charge is 2.27. The lowest BCUT2D eigenvalue weighted by atomic mass is 10.1. The number of aliphatic hydroxyl groups excluding tert-OH is 1. The van der Waals surface area contributed by atoms with E-state index < -0.39 is 54.3 Å². The zero-order valence-corrected chi connectivity index (χ0v) is 24.8. The first kappa shape index (κ1) is 36.3. The maximum absolute atomic E-state index is 12.6. The van der Waals surface area contributed by atoms with Gasteiger partial charge in [-0.25, -0.2) is 0 Å². The van der Waals surface area contributed by atoms with Crippen LogP contribution in [-0.2, 0) is 28.8 Å². The number of carboxylic acids is 1. The number of carbonyl (C=O) groups is 6. The first-order valence-corrected chi connectivity index (χ1v) is 16.6. The lowest BCUT2D eigenvalue weighted by Crippen LogP contribution is -2.52. The normalized spacial score (nSPS) is 13.9. The fourth-order valence-electron chi connectivity index (χ4n) is 2.59. The molecule has 0 aliphatic rings. The lowest BCUT2D eigenvalue weighted by molar-refractivity contribution is -0.140. The molecule has 218 valence electrons. The van der Waals surface area contributed by atoms with Crippen LogP contribution < -0.4 is 26.6 Å². The van der Waals surface area contributed by atoms with Gasteiger partial charge in [-0.1, -0.05) is 43.2 Å². The van der Waals surface area contributed by atoms with Crippen molar-refractivity contribution >= 4 is 79.1 Å². The Kier molecular flexibility index (Phi) is 21.2. The SMILES string of the molecule is CNCCSSC[C@H](NC(=O)C(CC(=O)O)NC(=O)CCSSCCNC(=O)C(NC=O)C(C)O)C(C)=O. The van der Waals surface area contributed by atoms with E-state index in [1.54, 1.807) is 0 Å². The predicted molar refractivity (Wildman–Crippen MR) is 153 cm³/mol. The van der Waals surface area contributed by atoms with E-state index in [1.807, 2.05) is 7.05 Å². The van der Waals surface area contributed by atoms with Crippen molar-refractivity contribution in [3.8, 4) is 0 Å². The molecule has 0 saturated carbocycles. The van der Waals surface area contributed by atoms with Crippen LogP contribution in [-0.4, -0.2) is 113 Å². The maximum Gasteiger partial charge on any atom is 0.305 e. The first-order valence-electron chi connectivity index (χ1n) is 11.6. The van der Waals surface area contributed by atoms with Crippen LogP contribution in [0.5, 0.6) is 0 Å². The number of hydrogen-bond acceptors (Lipinski definition) is 12. The molecule has 0 saturated heterocycles. The minimum Gasteiger partial charge on any atom is -0.481 e. The monoisotopic (exact) mass is 615 g/mol. The number of aliphatic hydroxyl groups is 1. The smallest absolute Gasteiger partial charge is 0.305 e. The molecule has 3 unspecified atom stereocenters. The Morgan fingerprint density at radius 1 is 0.895 bits per heavy atom. The Labute approximate surface area is 238 Å². The molecule has 0 radical (unpaired) electrons. The summed E-state index contributed by atoms with van der Waals surface area (Å²) in [6, 6.07) is -3.17. The number of hydrogen-bond donors (Lipinski definition) is 7. The number of nitrogens with one attached hydrogen (secondary N) is 5. The molecule has 17 heteroatoms. The fraction of sp³-hybridized carbons (Fsp3) is 0.714. The summed E-state index contributed by atoms with van der Waals surface area (Å²) in [5.41, 5.74) is 0. The van der Waals surface area contributed by atoms with Crippen molar-refractivity contribution in [1.29, 1.82) is 0 Å². The summed E-state index contributed by atoms with van der Waals surface area (Å²) in [5.74, 6) is -1.32. The molecule has 0 aromatic carbocycles. The molecule has 0 aliphatic carbocycles. The molecule has 0 heterocycles. The Hall–Kier alpha value is -1.66. The zero-order valence-electron chi connectivity index (χ0n) is 21.5. The topological polar surface area (TPSA) is 203 Å². The van der Waals surface area contributed by atoms with E-state index >= 15 is 0 Å². The Balaban J connectivity index is 4.49. The summed E-state index contributed by atoms with van der Waals surface area (Å²) in [4.78, 5) is 70.6. The predicted octanol–water partition coefficient (Wildman–Crippen LogP) is -0.996. The van der Waals surface area contributed by atoms with Crippen LogP contribution in [0.1, 0.15) is 26.7 Å². The van der Waals surface area contributed by atoms with Gasteiger partial charge in [0.25, 0.3) is 0 Å². The van der Waals surface area contributed by atoms with Gasteiger partial charge in [-0.3, -0.25) is 28.8 Å². The second-order valence-electron chi connectivity index (χ2n) is 7.79. The van der Waals surface area contributed by atoms with Crippen LogP contribution in [0.2, 0.25) is 0 Å². The molecule has 0 aromatic heterocycles. The van der Waals surface area contributed by atoms with Gasteiger partial charge < -0.3 is 36.8 Å². The number of carboxylic acid groups (broad SMARTS) is 1. The molecule has 4 atom stereocenters. The minimum absolute atomic E-state index is 0.0227. The number of Topliss-reactive ketones (excluding diaryl/α,β-unsaturated/α-hetero) is 1. The van der Waals surface area contributed by atoms with Crippen LogP contribution >= 0.6 is 43.2 Å². The van der Waals surface area contributed by atoms with Crippen LogP contribution in [0.3, 0.4) is 0 Å². The average molecular weight is 616 g/mol. The highest BCUT2D eigenvalue weighted by atomic mass is 33.1. The molecule has 38 heavy (non-hydrogen) atoms. The van der Waals surface area contributed by atoms with Gasteiger partial charge in [0.1, 0.15) is 12.1 Å². The third kappa shape index (κ3) is 17.8. The second kappa shape index (κ2) is 22.2. The molecule has 0 spiro atoms. The quantitative estimate of drug-likeness (QED) is 0.0420. The number of carbonyl (C=O) groups excluding carboxylic acids is 5. The van der Waals surface area contributed by atoms with Gasteiger partial charge >= 0.3 is 5.97 Å². The molecule has 0 aliphatic heterocycles. The van der Waals surface area contributed by atoms with E-state index in [2.05, 4.69) is 26.6 Å². The number of amides is 4. The molecule has 0 rings (SSSR count). The first-order chi connectivity index (χ1) is 18.0. The summed E-state index contributed by atoms with van der Waals surface area (Å²) in [6.07, 6.45) is -1.31. The third-order valence-electron chi connectivity index (χ3n) is 4.58. The van der Waals surface area contributed by atoms with Gasteiger partial charge in [0.05, 0.1) is 18.6 Å². The van der Waals surface area contributed by atoms with Crippen LogP contribution in [0.15, 0.2) is 0 Å². The van der Waals surface area contributed by atoms with Crippen molar-refractivity contribution in [2.24, 2.45) is 0 Å². The minimum atomic E-state index is -1.32. The molecule has 13 nitrogen and oxygen atoms in total.